The Balaban J connectivity index is 3.56. The molecule has 0 spiro atoms. The molecule has 0 rings (SSSR count). The Hall–Kier alpha value is -0.570. The lowest BCUT2D eigenvalue weighted by Crippen LogP contribution is -2.27. The summed E-state index contributed by atoms with van der Waals surface area (Å²) in [6.45, 7) is 7.36. The van der Waals surface area contributed by atoms with Crippen LogP contribution in [0.1, 0.15) is 65.7 Å². The highest BCUT2D eigenvalue weighted by molar-refractivity contribution is 5.72. The number of unbranched alkanes of at least 4 members (excludes halogenated alkanes) is 5. The first-order valence-corrected chi connectivity index (χ1v) is 7.48. The SMILES string of the molecule is CCCCCCCCOC(=O)C(CN)CC(C)C. The fraction of sp³-hybridized carbons (Fsp3) is 0.933. The van der Waals surface area contributed by atoms with E-state index in [0.29, 0.717) is 19.1 Å². The lowest BCUT2D eigenvalue weighted by molar-refractivity contribution is -0.148. The van der Waals surface area contributed by atoms with Crippen molar-refractivity contribution in [2.24, 2.45) is 17.6 Å². The molecule has 3 nitrogen and oxygen atoms in total. The van der Waals surface area contributed by atoms with E-state index in [9.17, 15) is 4.79 Å². The van der Waals surface area contributed by atoms with E-state index in [1.54, 1.807) is 0 Å². The Kier molecular flexibility index (Phi) is 11.2. The minimum Gasteiger partial charge on any atom is -0.465 e. The molecular weight excluding hydrogens is 226 g/mol. The average Bonchev–Trinajstić information content (AvgIpc) is 2.34. The molecule has 0 heterocycles. The van der Waals surface area contributed by atoms with E-state index in [-0.39, 0.29) is 11.9 Å². The van der Waals surface area contributed by atoms with Gasteiger partial charge in [-0.05, 0) is 18.8 Å². The van der Waals surface area contributed by atoms with Gasteiger partial charge in [0, 0.05) is 6.54 Å². The molecule has 0 fully saturated rings. The van der Waals surface area contributed by atoms with Crippen LogP contribution in [0, 0.1) is 11.8 Å². The van der Waals surface area contributed by atoms with Crippen molar-refractivity contribution in [1.82, 2.24) is 0 Å². The quantitative estimate of drug-likeness (QED) is 0.455. The van der Waals surface area contributed by atoms with Crippen LogP contribution in [0.2, 0.25) is 0 Å². The molecule has 0 saturated heterocycles. The second kappa shape index (κ2) is 11.5. The molecule has 0 aromatic carbocycles. The highest BCUT2D eigenvalue weighted by Gasteiger charge is 2.19. The highest BCUT2D eigenvalue weighted by Crippen LogP contribution is 2.12. The van der Waals surface area contributed by atoms with Crippen LogP contribution in [0.3, 0.4) is 0 Å². The summed E-state index contributed by atoms with van der Waals surface area (Å²) >= 11 is 0. The van der Waals surface area contributed by atoms with E-state index in [4.69, 9.17) is 10.5 Å². The van der Waals surface area contributed by atoms with Crippen LogP contribution in [-0.2, 0) is 9.53 Å². The van der Waals surface area contributed by atoms with Gasteiger partial charge in [-0.25, -0.2) is 0 Å². The van der Waals surface area contributed by atoms with Crippen LogP contribution in [0.25, 0.3) is 0 Å². The third kappa shape index (κ3) is 9.46. The van der Waals surface area contributed by atoms with Crippen molar-refractivity contribution in [2.45, 2.75) is 65.7 Å². The van der Waals surface area contributed by atoms with Gasteiger partial charge in [-0.1, -0.05) is 52.9 Å². The van der Waals surface area contributed by atoms with Gasteiger partial charge >= 0.3 is 5.97 Å². The molecule has 0 aromatic heterocycles. The molecule has 0 saturated carbocycles. The van der Waals surface area contributed by atoms with Crippen LogP contribution in [0.4, 0.5) is 0 Å². The molecule has 1 unspecified atom stereocenters. The van der Waals surface area contributed by atoms with Crippen molar-refractivity contribution in [1.29, 1.82) is 0 Å². The summed E-state index contributed by atoms with van der Waals surface area (Å²) in [7, 11) is 0. The molecule has 108 valence electrons. The summed E-state index contributed by atoms with van der Waals surface area (Å²) in [6, 6.07) is 0. The van der Waals surface area contributed by atoms with Gasteiger partial charge in [-0.2, -0.15) is 0 Å². The molecule has 0 aromatic rings. The first kappa shape index (κ1) is 17.4. The number of carbonyl (C=O) groups excluding carboxylic acids is 1. The zero-order valence-corrected chi connectivity index (χ0v) is 12.4. The summed E-state index contributed by atoms with van der Waals surface area (Å²) in [6.07, 6.45) is 8.08. The molecule has 0 aliphatic heterocycles. The monoisotopic (exact) mass is 257 g/mol. The fourth-order valence-corrected chi connectivity index (χ4v) is 2.03. The lowest BCUT2D eigenvalue weighted by Gasteiger charge is -2.15. The first-order valence-electron chi connectivity index (χ1n) is 7.48. The van der Waals surface area contributed by atoms with Crippen molar-refractivity contribution in [3.63, 3.8) is 0 Å². The zero-order chi connectivity index (χ0) is 13.8. The van der Waals surface area contributed by atoms with Crippen molar-refractivity contribution >= 4 is 5.97 Å². The molecule has 0 aliphatic rings. The van der Waals surface area contributed by atoms with E-state index in [1.807, 2.05) is 0 Å². The zero-order valence-electron chi connectivity index (χ0n) is 12.4. The average molecular weight is 257 g/mol. The van der Waals surface area contributed by atoms with Gasteiger partial charge in [0.2, 0.25) is 0 Å². The van der Waals surface area contributed by atoms with Gasteiger partial charge in [0.15, 0.2) is 0 Å². The van der Waals surface area contributed by atoms with Gasteiger partial charge in [-0.15, -0.1) is 0 Å². The van der Waals surface area contributed by atoms with E-state index in [0.717, 1.165) is 19.3 Å². The second-order valence-electron chi connectivity index (χ2n) is 5.50. The summed E-state index contributed by atoms with van der Waals surface area (Å²) in [5.74, 6) is 0.255. The third-order valence-electron chi connectivity index (χ3n) is 3.12. The number of hydrogen-bond donors (Lipinski definition) is 1. The van der Waals surface area contributed by atoms with E-state index >= 15 is 0 Å². The molecule has 3 heteroatoms. The third-order valence-corrected chi connectivity index (χ3v) is 3.12. The molecule has 1 atom stereocenters. The summed E-state index contributed by atoms with van der Waals surface area (Å²) in [5.41, 5.74) is 5.61. The molecule has 0 radical (unpaired) electrons. The topological polar surface area (TPSA) is 52.3 Å². The standard InChI is InChI=1S/C15H31NO2/c1-4-5-6-7-8-9-10-18-15(17)14(12-16)11-13(2)3/h13-14H,4-12,16H2,1-3H3. The molecule has 0 bridgehead atoms. The molecule has 18 heavy (non-hydrogen) atoms. The van der Waals surface area contributed by atoms with Gasteiger partial charge in [0.1, 0.15) is 0 Å². The highest BCUT2D eigenvalue weighted by atomic mass is 16.5. The van der Waals surface area contributed by atoms with E-state index in [2.05, 4.69) is 20.8 Å². The van der Waals surface area contributed by atoms with Crippen molar-refractivity contribution in [3.05, 3.63) is 0 Å². The summed E-state index contributed by atoms with van der Waals surface area (Å²) in [4.78, 5) is 11.7. The first-order chi connectivity index (χ1) is 8.61. The maximum atomic E-state index is 11.7. The second-order valence-corrected chi connectivity index (χ2v) is 5.50. The largest absolute Gasteiger partial charge is 0.465 e. The Labute approximate surface area is 112 Å². The Bertz CT molecular complexity index is 205. The van der Waals surface area contributed by atoms with Crippen LogP contribution in [-0.4, -0.2) is 19.1 Å². The smallest absolute Gasteiger partial charge is 0.310 e. The van der Waals surface area contributed by atoms with Crippen LogP contribution in [0.5, 0.6) is 0 Å². The van der Waals surface area contributed by atoms with E-state index < -0.39 is 0 Å². The summed E-state index contributed by atoms with van der Waals surface area (Å²) < 4.78 is 5.28. The molecule has 0 amide bonds. The van der Waals surface area contributed by atoms with Crippen LogP contribution < -0.4 is 5.73 Å². The number of esters is 1. The van der Waals surface area contributed by atoms with Gasteiger partial charge in [0.25, 0.3) is 0 Å². The molecule has 2 N–H and O–H groups in total. The van der Waals surface area contributed by atoms with Crippen molar-refractivity contribution in [3.8, 4) is 0 Å². The Morgan fingerprint density at radius 2 is 1.72 bits per heavy atom. The minimum absolute atomic E-state index is 0.111. The van der Waals surface area contributed by atoms with Crippen molar-refractivity contribution < 1.29 is 9.53 Å². The van der Waals surface area contributed by atoms with Gasteiger partial charge in [0.05, 0.1) is 12.5 Å². The number of nitrogens with two attached hydrogens (primary N) is 1. The molecule has 0 aliphatic carbocycles. The Morgan fingerprint density at radius 1 is 1.11 bits per heavy atom. The minimum atomic E-state index is -0.120. The normalized spacial score (nSPS) is 12.7. The van der Waals surface area contributed by atoms with Crippen molar-refractivity contribution in [2.75, 3.05) is 13.2 Å². The number of carbonyl (C=O) groups is 1. The predicted octanol–water partition coefficient (Wildman–Crippen LogP) is 3.51. The number of ether oxygens (including phenoxy) is 1. The lowest BCUT2D eigenvalue weighted by atomic mass is 9.97. The maximum Gasteiger partial charge on any atom is 0.310 e. The fourth-order valence-electron chi connectivity index (χ4n) is 2.03. The Morgan fingerprint density at radius 3 is 2.28 bits per heavy atom. The van der Waals surface area contributed by atoms with Gasteiger partial charge < -0.3 is 10.5 Å². The number of rotatable bonds is 11. The summed E-state index contributed by atoms with van der Waals surface area (Å²) in [5, 5.41) is 0. The maximum absolute atomic E-state index is 11.7. The molecular formula is C15H31NO2. The number of hydrogen-bond acceptors (Lipinski definition) is 3. The predicted molar refractivity (Wildman–Crippen MR) is 76.3 cm³/mol. The van der Waals surface area contributed by atoms with E-state index in [1.165, 1.54) is 25.7 Å². The van der Waals surface area contributed by atoms with Crippen LogP contribution >= 0.6 is 0 Å². The van der Waals surface area contributed by atoms with Crippen LogP contribution in [0.15, 0.2) is 0 Å². The van der Waals surface area contributed by atoms with Gasteiger partial charge in [-0.3, -0.25) is 4.79 Å².